The van der Waals surface area contributed by atoms with E-state index in [1.54, 1.807) is 13.1 Å². The largest absolute Gasteiger partial charge is 0.465 e. The molecule has 2 aromatic heterocycles. The molecule has 0 radical (unpaired) electrons. The van der Waals surface area contributed by atoms with Crippen molar-refractivity contribution in [3.63, 3.8) is 0 Å². The van der Waals surface area contributed by atoms with E-state index in [4.69, 9.17) is 17.0 Å². The molecule has 2 atom stereocenters. The topological polar surface area (TPSA) is 59.4 Å². The number of carbonyl (C=O) groups is 1. The normalized spacial score (nSPS) is 18.2. The summed E-state index contributed by atoms with van der Waals surface area (Å²) in [6.45, 7) is 6.43. The lowest BCUT2D eigenvalue weighted by Gasteiger charge is -2.27. The van der Waals surface area contributed by atoms with E-state index in [0.29, 0.717) is 11.7 Å². The lowest BCUT2D eigenvalue weighted by molar-refractivity contribution is -0.143. The third-order valence-corrected chi connectivity index (χ3v) is 5.96. The first-order valence-corrected chi connectivity index (χ1v) is 10.8. The van der Waals surface area contributed by atoms with E-state index in [-0.39, 0.29) is 24.6 Å². The molecule has 0 aliphatic carbocycles. The fourth-order valence-electron chi connectivity index (χ4n) is 4.32. The van der Waals surface area contributed by atoms with Gasteiger partial charge >= 0.3 is 5.97 Å². The number of hydrogen-bond acceptors (Lipinski definition) is 4. The standard InChI is InChI=1S/C24H26N4O2S/c1-4-30-21(29)15-27-23(22(26-24(27)31)20-12-8-9-13-25-20)19-14-16(2)28(17(19)3)18-10-6-5-7-11-18/h5-14,22-23H,4,15H2,1-3H3,(H,26,31)/t22-,23-/m0/s1. The van der Waals surface area contributed by atoms with Crippen LogP contribution in [-0.4, -0.2) is 38.7 Å². The van der Waals surface area contributed by atoms with Crippen molar-refractivity contribution in [3.05, 3.63) is 83.4 Å². The summed E-state index contributed by atoms with van der Waals surface area (Å²) in [5.41, 5.74) is 5.31. The molecule has 7 heteroatoms. The Balaban J connectivity index is 1.81. The van der Waals surface area contributed by atoms with Crippen molar-refractivity contribution >= 4 is 23.3 Å². The SMILES string of the molecule is CCOC(=O)CN1C(=S)N[C@@H](c2ccccn2)[C@@H]1c1cc(C)n(-c2ccccc2)c1C. The number of carbonyl (C=O) groups excluding carboxylic acids is 1. The van der Waals surface area contributed by atoms with Crippen molar-refractivity contribution in [2.75, 3.05) is 13.2 Å². The number of nitrogens with zero attached hydrogens (tertiary/aromatic N) is 3. The molecular formula is C24H26N4O2S. The Morgan fingerprint density at radius 1 is 1.16 bits per heavy atom. The summed E-state index contributed by atoms with van der Waals surface area (Å²) in [5.74, 6) is -0.296. The van der Waals surface area contributed by atoms with Gasteiger partial charge in [-0.2, -0.15) is 0 Å². The van der Waals surface area contributed by atoms with E-state index in [2.05, 4.69) is 46.9 Å². The van der Waals surface area contributed by atoms with Gasteiger partial charge in [0.05, 0.1) is 24.4 Å². The number of aromatic nitrogens is 2. The average molecular weight is 435 g/mol. The predicted octanol–water partition coefficient (Wildman–Crippen LogP) is 4.02. The molecule has 1 fully saturated rings. The van der Waals surface area contributed by atoms with Gasteiger partial charge in [0.2, 0.25) is 0 Å². The van der Waals surface area contributed by atoms with E-state index in [0.717, 1.165) is 28.3 Å². The maximum Gasteiger partial charge on any atom is 0.325 e. The van der Waals surface area contributed by atoms with Gasteiger partial charge in [-0.05, 0) is 68.9 Å². The number of benzene rings is 1. The predicted molar refractivity (Wildman–Crippen MR) is 124 cm³/mol. The highest BCUT2D eigenvalue weighted by molar-refractivity contribution is 7.80. The Morgan fingerprint density at radius 3 is 2.58 bits per heavy atom. The molecule has 0 amide bonds. The first-order valence-electron chi connectivity index (χ1n) is 10.4. The van der Waals surface area contributed by atoms with Crippen LogP contribution in [0.2, 0.25) is 0 Å². The Kier molecular flexibility index (Phi) is 6.04. The van der Waals surface area contributed by atoms with Crippen LogP contribution in [0.25, 0.3) is 5.69 Å². The Morgan fingerprint density at radius 2 is 1.90 bits per heavy atom. The second-order valence-electron chi connectivity index (χ2n) is 7.56. The summed E-state index contributed by atoms with van der Waals surface area (Å²) >= 11 is 5.65. The van der Waals surface area contributed by atoms with Gasteiger partial charge in [0, 0.05) is 23.3 Å². The number of aryl methyl sites for hydroxylation is 1. The molecule has 0 bridgehead atoms. The molecular weight excluding hydrogens is 408 g/mol. The van der Waals surface area contributed by atoms with Gasteiger partial charge in [-0.1, -0.05) is 24.3 Å². The summed E-state index contributed by atoms with van der Waals surface area (Å²) in [4.78, 5) is 18.9. The molecule has 31 heavy (non-hydrogen) atoms. The van der Waals surface area contributed by atoms with Crippen LogP contribution in [0.4, 0.5) is 0 Å². The van der Waals surface area contributed by atoms with Crippen molar-refractivity contribution in [1.82, 2.24) is 19.8 Å². The summed E-state index contributed by atoms with van der Waals surface area (Å²) in [7, 11) is 0. The summed E-state index contributed by atoms with van der Waals surface area (Å²) in [6, 6.07) is 17.9. The number of para-hydroxylation sites is 1. The molecule has 160 valence electrons. The van der Waals surface area contributed by atoms with Crippen LogP contribution >= 0.6 is 12.2 Å². The number of thiocarbonyl (C=S) groups is 1. The second kappa shape index (κ2) is 8.89. The van der Waals surface area contributed by atoms with Crippen LogP contribution < -0.4 is 5.32 Å². The Hall–Kier alpha value is -3.19. The van der Waals surface area contributed by atoms with Gasteiger partial charge in [0.1, 0.15) is 6.54 Å². The van der Waals surface area contributed by atoms with Crippen LogP contribution in [0.15, 0.2) is 60.8 Å². The molecule has 1 aliphatic heterocycles. The molecule has 1 aliphatic rings. The molecule has 6 nitrogen and oxygen atoms in total. The number of pyridine rings is 1. The van der Waals surface area contributed by atoms with Crippen molar-refractivity contribution < 1.29 is 9.53 Å². The van der Waals surface area contributed by atoms with Gasteiger partial charge < -0.3 is 19.5 Å². The number of ether oxygens (including phenoxy) is 1. The fourth-order valence-corrected chi connectivity index (χ4v) is 4.63. The van der Waals surface area contributed by atoms with Crippen molar-refractivity contribution in [2.24, 2.45) is 0 Å². The van der Waals surface area contributed by atoms with Gasteiger partial charge in [-0.25, -0.2) is 0 Å². The van der Waals surface area contributed by atoms with Crippen LogP contribution in [0.5, 0.6) is 0 Å². The van der Waals surface area contributed by atoms with E-state index < -0.39 is 0 Å². The Bertz CT molecular complexity index is 1080. The highest BCUT2D eigenvalue weighted by atomic mass is 32.1. The average Bonchev–Trinajstić information content (AvgIpc) is 3.25. The second-order valence-corrected chi connectivity index (χ2v) is 7.94. The highest BCUT2D eigenvalue weighted by Gasteiger charge is 2.42. The zero-order valence-corrected chi connectivity index (χ0v) is 18.7. The molecule has 0 spiro atoms. The summed E-state index contributed by atoms with van der Waals surface area (Å²) in [5, 5.41) is 3.92. The molecule has 3 heterocycles. The smallest absolute Gasteiger partial charge is 0.325 e. The first-order chi connectivity index (χ1) is 15.0. The third kappa shape index (κ3) is 4.05. The lowest BCUT2D eigenvalue weighted by atomic mass is 9.97. The fraction of sp³-hybridized carbons (Fsp3) is 0.292. The maximum absolute atomic E-state index is 12.4. The Labute approximate surface area is 187 Å². The molecule has 1 aromatic carbocycles. The van der Waals surface area contributed by atoms with E-state index in [1.807, 2.05) is 41.3 Å². The highest BCUT2D eigenvalue weighted by Crippen LogP contribution is 2.41. The zero-order valence-electron chi connectivity index (χ0n) is 17.9. The van der Waals surface area contributed by atoms with E-state index in [9.17, 15) is 4.79 Å². The first kappa shape index (κ1) is 21.1. The number of esters is 1. The minimum Gasteiger partial charge on any atom is -0.465 e. The van der Waals surface area contributed by atoms with Crippen LogP contribution in [0.3, 0.4) is 0 Å². The van der Waals surface area contributed by atoms with Crippen molar-refractivity contribution in [3.8, 4) is 5.69 Å². The number of rotatable bonds is 6. The van der Waals surface area contributed by atoms with Gasteiger partial charge in [0.15, 0.2) is 5.11 Å². The van der Waals surface area contributed by atoms with Crippen molar-refractivity contribution in [2.45, 2.75) is 32.9 Å². The molecule has 1 saturated heterocycles. The maximum atomic E-state index is 12.4. The third-order valence-electron chi connectivity index (χ3n) is 5.61. The number of hydrogen-bond donors (Lipinski definition) is 1. The van der Waals surface area contributed by atoms with Crippen molar-refractivity contribution in [1.29, 1.82) is 0 Å². The van der Waals surface area contributed by atoms with Gasteiger partial charge in [0.25, 0.3) is 0 Å². The van der Waals surface area contributed by atoms with Gasteiger partial charge in [-0.3, -0.25) is 9.78 Å². The zero-order chi connectivity index (χ0) is 22.0. The molecule has 4 rings (SSSR count). The summed E-state index contributed by atoms with van der Waals surface area (Å²) < 4.78 is 7.45. The number of nitrogens with one attached hydrogen (secondary N) is 1. The molecule has 0 saturated carbocycles. The summed E-state index contributed by atoms with van der Waals surface area (Å²) in [6.07, 6.45) is 1.78. The minimum atomic E-state index is -0.296. The van der Waals surface area contributed by atoms with E-state index in [1.165, 1.54) is 0 Å². The van der Waals surface area contributed by atoms with E-state index >= 15 is 0 Å². The molecule has 3 aromatic rings. The lowest BCUT2D eigenvalue weighted by Crippen LogP contribution is -2.35. The van der Waals surface area contributed by atoms with Gasteiger partial charge in [-0.15, -0.1) is 0 Å². The molecule has 1 N–H and O–H groups in total. The molecule has 0 unspecified atom stereocenters. The quantitative estimate of drug-likeness (QED) is 0.467. The monoisotopic (exact) mass is 434 g/mol. The van der Waals surface area contributed by atoms with Crippen LogP contribution in [0, 0.1) is 13.8 Å². The van der Waals surface area contributed by atoms with Crippen LogP contribution in [0.1, 0.15) is 41.7 Å². The minimum absolute atomic E-state index is 0.0860. The van der Waals surface area contributed by atoms with Crippen LogP contribution in [-0.2, 0) is 9.53 Å².